The molecule has 0 aromatic heterocycles. The van der Waals surface area contributed by atoms with Crippen LogP contribution in [-0.2, 0) is 0 Å². The van der Waals surface area contributed by atoms with Crippen LogP contribution in [0.5, 0.6) is 5.75 Å². The van der Waals surface area contributed by atoms with Crippen LogP contribution < -0.4 is 10.1 Å². The highest BCUT2D eigenvalue weighted by Gasteiger charge is 2.15. The molecule has 0 unspecified atom stereocenters. The van der Waals surface area contributed by atoms with Crippen LogP contribution in [0.3, 0.4) is 0 Å². The first-order valence-electron chi connectivity index (χ1n) is 8.36. The predicted octanol–water partition coefficient (Wildman–Crippen LogP) is 4.16. The maximum absolute atomic E-state index is 12.9. The summed E-state index contributed by atoms with van der Waals surface area (Å²) >= 11 is 0. The molecule has 130 valence electrons. The third-order valence-electron chi connectivity index (χ3n) is 3.83. The van der Waals surface area contributed by atoms with E-state index in [1.54, 1.807) is 12.1 Å². The van der Waals surface area contributed by atoms with Gasteiger partial charge in [0.25, 0.3) is 5.91 Å². The number of benzene rings is 3. The smallest absolute Gasteiger partial charge is 0.256 e. The molecule has 0 saturated heterocycles. The van der Waals surface area contributed by atoms with Gasteiger partial charge in [-0.05, 0) is 48.0 Å². The highest BCUT2D eigenvalue weighted by atomic mass is 19.1. The monoisotopic (exact) mass is 347 g/mol. The van der Waals surface area contributed by atoms with Crippen LogP contribution in [0, 0.1) is 17.7 Å². The maximum atomic E-state index is 12.9. The summed E-state index contributed by atoms with van der Waals surface area (Å²) < 4.78 is 18.5. The van der Waals surface area contributed by atoms with E-state index in [2.05, 4.69) is 17.2 Å². The molecule has 3 rings (SSSR count). The molecule has 3 aromatic carbocycles. The Hall–Kier alpha value is -3.32. The van der Waals surface area contributed by atoms with Gasteiger partial charge in [0.2, 0.25) is 0 Å². The van der Waals surface area contributed by atoms with Crippen molar-refractivity contribution < 1.29 is 13.9 Å². The van der Waals surface area contributed by atoms with Gasteiger partial charge < -0.3 is 10.1 Å². The van der Waals surface area contributed by atoms with E-state index in [9.17, 15) is 9.18 Å². The van der Waals surface area contributed by atoms with Gasteiger partial charge in [-0.15, -0.1) is 0 Å². The van der Waals surface area contributed by atoms with Gasteiger partial charge in [-0.3, -0.25) is 4.79 Å². The predicted molar refractivity (Wildman–Crippen MR) is 101 cm³/mol. The van der Waals surface area contributed by atoms with Gasteiger partial charge >= 0.3 is 0 Å². The van der Waals surface area contributed by atoms with E-state index >= 15 is 0 Å². The Bertz CT molecular complexity index is 984. The van der Waals surface area contributed by atoms with Gasteiger partial charge in [-0.2, -0.15) is 0 Å². The number of carbonyl (C=O) groups is 1. The van der Waals surface area contributed by atoms with Gasteiger partial charge in [0.15, 0.2) is 0 Å². The lowest BCUT2D eigenvalue weighted by molar-refractivity contribution is 0.0956. The van der Waals surface area contributed by atoms with Crippen molar-refractivity contribution >= 4 is 16.7 Å². The van der Waals surface area contributed by atoms with Crippen molar-refractivity contribution in [3.8, 4) is 17.6 Å². The summed E-state index contributed by atoms with van der Waals surface area (Å²) in [6.07, 6.45) is 0. The molecular formula is C22H18FNO2. The second-order valence-corrected chi connectivity index (χ2v) is 5.58. The molecule has 0 saturated carbocycles. The molecule has 0 aliphatic rings. The van der Waals surface area contributed by atoms with Gasteiger partial charge in [-0.1, -0.05) is 42.2 Å². The quantitative estimate of drug-likeness (QED) is 0.720. The number of fused-ring (bicyclic) bond motifs is 1. The lowest BCUT2D eigenvalue weighted by Gasteiger charge is -2.12. The van der Waals surface area contributed by atoms with E-state index in [0.717, 1.165) is 10.8 Å². The fourth-order valence-corrected chi connectivity index (χ4v) is 2.65. The second-order valence-electron chi connectivity index (χ2n) is 5.58. The zero-order chi connectivity index (χ0) is 18.4. The van der Waals surface area contributed by atoms with Crippen molar-refractivity contribution in [3.05, 3.63) is 77.6 Å². The Kier molecular flexibility index (Phi) is 5.50. The molecule has 0 heterocycles. The molecule has 4 heteroatoms. The van der Waals surface area contributed by atoms with Crippen molar-refractivity contribution in [1.82, 2.24) is 5.32 Å². The van der Waals surface area contributed by atoms with E-state index in [1.165, 1.54) is 12.1 Å². The zero-order valence-electron chi connectivity index (χ0n) is 14.4. The van der Waals surface area contributed by atoms with Gasteiger partial charge in [-0.25, -0.2) is 4.39 Å². The molecule has 1 N–H and O–H groups in total. The Morgan fingerprint density at radius 1 is 1.08 bits per heavy atom. The Balaban J connectivity index is 1.79. The van der Waals surface area contributed by atoms with Crippen LogP contribution in [0.4, 0.5) is 4.39 Å². The van der Waals surface area contributed by atoms with Gasteiger partial charge in [0.1, 0.15) is 11.6 Å². The van der Waals surface area contributed by atoms with E-state index in [-0.39, 0.29) is 18.3 Å². The summed E-state index contributed by atoms with van der Waals surface area (Å²) in [4.78, 5) is 12.7. The largest absolute Gasteiger partial charge is 0.493 e. The topological polar surface area (TPSA) is 38.3 Å². The summed E-state index contributed by atoms with van der Waals surface area (Å²) in [6, 6.07) is 17.3. The first-order chi connectivity index (χ1) is 12.7. The van der Waals surface area contributed by atoms with Crippen molar-refractivity contribution in [3.63, 3.8) is 0 Å². The number of hydrogen-bond acceptors (Lipinski definition) is 2. The molecule has 0 aliphatic carbocycles. The van der Waals surface area contributed by atoms with Crippen molar-refractivity contribution in [1.29, 1.82) is 0 Å². The maximum Gasteiger partial charge on any atom is 0.256 e. The molecular weight excluding hydrogens is 329 g/mol. The van der Waals surface area contributed by atoms with E-state index in [1.807, 2.05) is 43.3 Å². The summed E-state index contributed by atoms with van der Waals surface area (Å²) in [7, 11) is 0. The first-order valence-corrected chi connectivity index (χ1v) is 8.36. The van der Waals surface area contributed by atoms with Crippen molar-refractivity contribution in [2.75, 3.05) is 13.2 Å². The minimum atomic E-state index is -0.303. The lowest BCUT2D eigenvalue weighted by Crippen LogP contribution is -2.24. The SMILES string of the molecule is CCOc1ccc2ccccc2c1C(=O)NCC#Cc1ccc(F)cc1. The number of carbonyl (C=O) groups excluding carboxylic acids is 1. The van der Waals surface area contributed by atoms with E-state index in [0.29, 0.717) is 23.5 Å². The van der Waals surface area contributed by atoms with Crippen LogP contribution in [0.1, 0.15) is 22.8 Å². The summed E-state index contributed by atoms with van der Waals surface area (Å²) in [5, 5.41) is 4.61. The number of ether oxygens (including phenoxy) is 1. The minimum Gasteiger partial charge on any atom is -0.493 e. The Morgan fingerprint density at radius 3 is 2.62 bits per heavy atom. The minimum absolute atomic E-state index is 0.186. The Labute approximate surface area is 151 Å². The zero-order valence-corrected chi connectivity index (χ0v) is 14.4. The van der Waals surface area contributed by atoms with Gasteiger partial charge in [0.05, 0.1) is 18.7 Å². The molecule has 3 nitrogen and oxygen atoms in total. The van der Waals surface area contributed by atoms with Crippen molar-refractivity contribution in [2.24, 2.45) is 0 Å². The van der Waals surface area contributed by atoms with Crippen LogP contribution in [0.2, 0.25) is 0 Å². The number of hydrogen-bond donors (Lipinski definition) is 1. The van der Waals surface area contributed by atoms with Crippen LogP contribution in [0.25, 0.3) is 10.8 Å². The number of nitrogens with one attached hydrogen (secondary N) is 1. The summed E-state index contributed by atoms with van der Waals surface area (Å²) in [5.41, 5.74) is 1.20. The standard InChI is InChI=1S/C22H18FNO2/c1-2-26-20-14-11-17-7-3-4-8-19(17)21(20)22(25)24-15-5-6-16-9-12-18(23)13-10-16/h3-4,7-14H,2,15H2,1H3,(H,24,25). The fraction of sp³-hybridized carbons (Fsp3) is 0.136. The highest BCUT2D eigenvalue weighted by molar-refractivity contribution is 6.09. The Morgan fingerprint density at radius 2 is 1.85 bits per heavy atom. The third kappa shape index (κ3) is 4.01. The van der Waals surface area contributed by atoms with E-state index < -0.39 is 0 Å². The molecule has 0 atom stereocenters. The molecule has 0 spiro atoms. The third-order valence-corrected chi connectivity index (χ3v) is 3.83. The molecule has 0 radical (unpaired) electrons. The van der Waals surface area contributed by atoms with Crippen molar-refractivity contribution in [2.45, 2.75) is 6.92 Å². The van der Waals surface area contributed by atoms with Crippen LogP contribution in [-0.4, -0.2) is 19.1 Å². The molecule has 26 heavy (non-hydrogen) atoms. The number of rotatable bonds is 4. The second kappa shape index (κ2) is 8.17. The van der Waals surface area contributed by atoms with E-state index in [4.69, 9.17) is 4.74 Å². The molecule has 0 aliphatic heterocycles. The fourth-order valence-electron chi connectivity index (χ4n) is 2.65. The number of amides is 1. The summed E-state index contributed by atoms with van der Waals surface area (Å²) in [6.45, 7) is 2.54. The van der Waals surface area contributed by atoms with Crippen LogP contribution in [0.15, 0.2) is 60.7 Å². The normalized spacial score (nSPS) is 10.1. The molecule has 3 aromatic rings. The average Bonchev–Trinajstić information content (AvgIpc) is 2.66. The summed E-state index contributed by atoms with van der Waals surface area (Å²) in [5.74, 6) is 5.78. The van der Waals surface area contributed by atoms with Gasteiger partial charge in [0, 0.05) is 5.56 Å². The highest BCUT2D eigenvalue weighted by Crippen LogP contribution is 2.28. The lowest BCUT2D eigenvalue weighted by atomic mass is 10.0. The molecule has 0 fully saturated rings. The number of halogens is 1. The molecule has 0 bridgehead atoms. The van der Waals surface area contributed by atoms with Crippen LogP contribution >= 0.6 is 0 Å². The first kappa shape index (κ1) is 17.5. The average molecular weight is 347 g/mol. The molecule has 1 amide bonds.